The molecule has 0 spiro atoms. The van der Waals surface area contributed by atoms with E-state index in [1.807, 2.05) is 20.8 Å². The van der Waals surface area contributed by atoms with Crippen LogP contribution in [0.15, 0.2) is 10.7 Å². The molecule has 56 valence electrons. The van der Waals surface area contributed by atoms with Gasteiger partial charge in [-0.3, -0.25) is 0 Å². The fraction of sp³-hybridized carbons (Fsp3) is 0.571. The molecule has 0 saturated heterocycles. The van der Waals surface area contributed by atoms with Crippen molar-refractivity contribution < 1.29 is 8.91 Å². The van der Waals surface area contributed by atoms with Crippen LogP contribution in [0.25, 0.3) is 0 Å². The molecule has 10 heavy (non-hydrogen) atoms. The summed E-state index contributed by atoms with van der Waals surface area (Å²) in [4.78, 5) is 0. The van der Waals surface area contributed by atoms with Crippen LogP contribution >= 0.6 is 0 Å². The van der Waals surface area contributed by atoms with Crippen LogP contribution in [-0.2, 0) is 5.41 Å². The summed E-state index contributed by atoms with van der Waals surface area (Å²) in [6.45, 7) is 5.72. The summed E-state index contributed by atoms with van der Waals surface area (Å²) in [5.74, 6) is 0. The van der Waals surface area contributed by atoms with E-state index in [1.165, 1.54) is 6.20 Å². The van der Waals surface area contributed by atoms with Crippen molar-refractivity contribution in [3.05, 3.63) is 17.8 Å². The molecule has 0 aliphatic rings. The molecule has 0 fully saturated rings. The van der Waals surface area contributed by atoms with Crippen LogP contribution < -0.4 is 0 Å². The van der Waals surface area contributed by atoms with Crippen molar-refractivity contribution in [2.75, 3.05) is 0 Å². The minimum Gasteiger partial charge on any atom is -0.326 e. The van der Waals surface area contributed by atoms with Crippen LogP contribution in [0.5, 0.6) is 0 Å². The summed E-state index contributed by atoms with van der Waals surface area (Å²) >= 11 is 0. The quantitative estimate of drug-likeness (QED) is 0.556. The largest absolute Gasteiger partial charge is 0.326 e. The topological polar surface area (TPSA) is 26.0 Å². The standard InChI is InChI=1S/C7H10FNO/c1-7(2,3)5-4-9-10-6(5)8/h4H,1-3H3. The first kappa shape index (κ1) is 7.25. The highest BCUT2D eigenvalue weighted by Crippen LogP contribution is 2.23. The summed E-state index contributed by atoms with van der Waals surface area (Å²) in [6, 6.07) is -0.576. The van der Waals surface area contributed by atoms with E-state index in [2.05, 4.69) is 9.68 Å². The molecule has 1 heterocycles. The zero-order valence-corrected chi connectivity index (χ0v) is 6.31. The van der Waals surface area contributed by atoms with Crippen molar-refractivity contribution in [3.63, 3.8) is 0 Å². The van der Waals surface area contributed by atoms with Crippen LogP contribution in [0.4, 0.5) is 4.39 Å². The molecule has 3 heteroatoms. The van der Waals surface area contributed by atoms with E-state index in [-0.39, 0.29) is 5.41 Å². The third-order valence-electron chi connectivity index (χ3n) is 1.33. The first-order valence-electron chi connectivity index (χ1n) is 3.12. The number of halogens is 1. The maximum atomic E-state index is 12.6. The zero-order valence-electron chi connectivity index (χ0n) is 6.31. The highest BCUT2D eigenvalue weighted by Gasteiger charge is 2.21. The fourth-order valence-electron chi connectivity index (χ4n) is 0.714. The van der Waals surface area contributed by atoms with Gasteiger partial charge >= 0.3 is 6.01 Å². The van der Waals surface area contributed by atoms with Crippen molar-refractivity contribution in [2.24, 2.45) is 0 Å². The second kappa shape index (κ2) is 2.08. The molecule has 0 atom stereocenters. The van der Waals surface area contributed by atoms with Crippen molar-refractivity contribution >= 4 is 0 Å². The van der Waals surface area contributed by atoms with Gasteiger partial charge < -0.3 is 4.52 Å². The number of nitrogens with zero attached hydrogens (tertiary/aromatic N) is 1. The molecular weight excluding hydrogens is 133 g/mol. The van der Waals surface area contributed by atoms with E-state index in [0.717, 1.165) is 0 Å². The molecule has 1 aromatic heterocycles. The van der Waals surface area contributed by atoms with Gasteiger partial charge in [0.15, 0.2) is 0 Å². The van der Waals surface area contributed by atoms with Crippen LogP contribution in [0.2, 0.25) is 0 Å². The van der Waals surface area contributed by atoms with E-state index in [0.29, 0.717) is 5.56 Å². The third-order valence-corrected chi connectivity index (χ3v) is 1.33. The van der Waals surface area contributed by atoms with Gasteiger partial charge in [0.1, 0.15) is 0 Å². The maximum absolute atomic E-state index is 12.6. The molecule has 0 aliphatic heterocycles. The average molecular weight is 143 g/mol. The first-order chi connectivity index (χ1) is 4.52. The van der Waals surface area contributed by atoms with Gasteiger partial charge in [-0.2, -0.15) is 4.39 Å². The van der Waals surface area contributed by atoms with Gasteiger partial charge in [-0.1, -0.05) is 25.9 Å². The third kappa shape index (κ3) is 1.17. The van der Waals surface area contributed by atoms with Crippen LogP contribution in [0, 0.1) is 6.01 Å². The van der Waals surface area contributed by atoms with E-state index in [9.17, 15) is 4.39 Å². The van der Waals surface area contributed by atoms with Crippen LogP contribution in [-0.4, -0.2) is 5.16 Å². The number of hydrogen-bond donors (Lipinski definition) is 0. The molecule has 0 N–H and O–H groups in total. The van der Waals surface area contributed by atoms with Crippen molar-refractivity contribution in [1.82, 2.24) is 5.16 Å². The Labute approximate surface area is 59.0 Å². The van der Waals surface area contributed by atoms with Gasteiger partial charge in [0, 0.05) is 0 Å². The minimum absolute atomic E-state index is 0.218. The van der Waals surface area contributed by atoms with Gasteiger partial charge in [0.05, 0.1) is 11.8 Å². The lowest BCUT2D eigenvalue weighted by Gasteiger charge is -2.13. The first-order valence-corrected chi connectivity index (χ1v) is 3.12. The predicted molar refractivity (Wildman–Crippen MR) is 35.2 cm³/mol. The van der Waals surface area contributed by atoms with Gasteiger partial charge in [-0.05, 0) is 5.41 Å². The molecule has 1 rings (SSSR count). The molecule has 0 radical (unpaired) electrons. The lowest BCUT2D eigenvalue weighted by molar-refractivity contribution is 0.273. The second-order valence-corrected chi connectivity index (χ2v) is 3.26. The Balaban J connectivity index is 3.05. The summed E-state index contributed by atoms with van der Waals surface area (Å²) < 4.78 is 16.9. The Morgan fingerprint density at radius 2 is 2.10 bits per heavy atom. The molecule has 0 amide bonds. The lowest BCUT2D eigenvalue weighted by atomic mass is 9.90. The van der Waals surface area contributed by atoms with E-state index < -0.39 is 6.01 Å². The molecule has 0 unspecified atom stereocenters. The summed E-state index contributed by atoms with van der Waals surface area (Å²) in [5.41, 5.74) is 0.303. The Kier molecular flexibility index (Phi) is 1.50. The molecule has 2 nitrogen and oxygen atoms in total. The normalized spacial score (nSPS) is 12.0. The van der Waals surface area contributed by atoms with Gasteiger partial charge in [-0.25, -0.2) is 0 Å². The summed E-state index contributed by atoms with van der Waals surface area (Å²) in [6.07, 6.45) is 1.41. The monoisotopic (exact) mass is 143 g/mol. The van der Waals surface area contributed by atoms with E-state index >= 15 is 0 Å². The van der Waals surface area contributed by atoms with Gasteiger partial charge in [-0.15, -0.1) is 0 Å². The highest BCUT2D eigenvalue weighted by molar-refractivity contribution is 5.14. The van der Waals surface area contributed by atoms with Gasteiger partial charge in [0.25, 0.3) is 0 Å². The summed E-state index contributed by atoms with van der Waals surface area (Å²) in [7, 11) is 0. The Hall–Kier alpha value is -0.860. The smallest absolute Gasteiger partial charge is 0.309 e. The van der Waals surface area contributed by atoms with Crippen molar-refractivity contribution in [2.45, 2.75) is 26.2 Å². The van der Waals surface area contributed by atoms with E-state index in [1.54, 1.807) is 0 Å². The maximum Gasteiger partial charge on any atom is 0.309 e. The van der Waals surface area contributed by atoms with Crippen LogP contribution in [0.3, 0.4) is 0 Å². The second-order valence-electron chi connectivity index (χ2n) is 3.26. The molecule has 0 bridgehead atoms. The average Bonchev–Trinajstić information content (AvgIpc) is 2.11. The lowest BCUT2D eigenvalue weighted by Crippen LogP contribution is -2.11. The Morgan fingerprint density at radius 3 is 2.30 bits per heavy atom. The van der Waals surface area contributed by atoms with E-state index in [4.69, 9.17) is 0 Å². The molecule has 0 aliphatic carbocycles. The molecule has 0 saturated carbocycles. The highest BCUT2D eigenvalue weighted by atomic mass is 19.1. The zero-order chi connectivity index (χ0) is 7.78. The number of hydrogen-bond acceptors (Lipinski definition) is 2. The predicted octanol–water partition coefficient (Wildman–Crippen LogP) is 2.11. The van der Waals surface area contributed by atoms with Crippen molar-refractivity contribution in [1.29, 1.82) is 0 Å². The Bertz CT molecular complexity index is 224. The summed E-state index contributed by atoms with van der Waals surface area (Å²) in [5, 5.41) is 3.34. The molecule has 0 aromatic carbocycles. The van der Waals surface area contributed by atoms with Gasteiger partial charge in [0.2, 0.25) is 0 Å². The minimum atomic E-state index is -0.576. The van der Waals surface area contributed by atoms with Crippen molar-refractivity contribution in [3.8, 4) is 0 Å². The number of rotatable bonds is 0. The molecule has 1 aromatic rings. The fourth-order valence-corrected chi connectivity index (χ4v) is 0.714. The Morgan fingerprint density at radius 1 is 1.50 bits per heavy atom. The SMILES string of the molecule is CC(C)(C)c1cnoc1F. The molecular formula is C7H10FNO. The number of aromatic nitrogens is 1. The van der Waals surface area contributed by atoms with Crippen LogP contribution in [0.1, 0.15) is 26.3 Å².